The van der Waals surface area contributed by atoms with Crippen LogP contribution >= 0.6 is 16.1 Å². The van der Waals surface area contributed by atoms with Crippen molar-refractivity contribution < 1.29 is 36.3 Å². The van der Waals surface area contributed by atoms with Gasteiger partial charge in [-0.25, -0.2) is 15.2 Å². The zero-order chi connectivity index (χ0) is 20.8. The van der Waals surface area contributed by atoms with Crippen LogP contribution in [0, 0.1) is 0 Å². The fourth-order valence-electron chi connectivity index (χ4n) is 5.78. The largest absolute Gasteiger partial charge is 0.244 e. The zero-order valence-electron chi connectivity index (χ0n) is 20.1. The monoisotopic (exact) mass is 584 g/mol. The molecule has 1 aromatic heterocycles. The van der Waals surface area contributed by atoms with E-state index in [-0.39, 0.29) is 36.3 Å². The Morgan fingerprint density at radius 1 is 0.667 bits per heavy atom. The van der Waals surface area contributed by atoms with Gasteiger partial charge in [0.15, 0.2) is 11.6 Å². The molecular weight excluding hydrogens is 540 g/mol. The van der Waals surface area contributed by atoms with Crippen molar-refractivity contribution in [2.24, 2.45) is 0 Å². The summed E-state index contributed by atoms with van der Waals surface area (Å²) in [5.41, 5.74) is 0. The van der Waals surface area contributed by atoms with Crippen molar-refractivity contribution in [2.75, 3.05) is 10.2 Å². The van der Waals surface area contributed by atoms with Gasteiger partial charge in [-0.3, -0.25) is 0 Å². The van der Waals surface area contributed by atoms with Gasteiger partial charge in [0.1, 0.15) is 16.1 Å². The van der Waals surface area contributed by atoms with Crippen LogP contribution in [0.25, 0.3) is 0 Å². The van der Waals surface area contributed by atoms with Crippen LogP contribution in [0.1, 0.15) is 93.9 Å². The van der Waals surface area contributed by atoms with Crippen molar-refractivity contribution in [1.29, 1.82) is 0 Å². The third kappa shape index (κ3) is 6.41. The SMILES string of the molecule is CC1(C)CCCC(C)(C)[PH+]1Nc1cccc(N[PH+]2C(C)(C)CCCC2(C)C)n1.[Co].[Ru]. The van der Waals surface area contributed by atoms with E-state index in [1.807, 2.05) is 0 Å². The maximum atomic E-state index is 5.05. The van der Waals surface area contributed by atoms with Crippen LogP contribution in [-0.2, 0) is 36.3 Å². The molecule has 0 saturated carbocycles. The van der Waals surface area contributed by atoms with E-state index in [4.69, 9.17) is 4.98 Å². The minimum absolute atomic E-state index is 0. The summed E-state index contributed by atoms with van der Waals surface area (Å²) in [6.45, 7) is 19.6. The van der Waals surface area contributed by atoms with E-state index in [0.29, 0.717) is 20.6 Å². The molecule has 175 valence electrons. The zero-order valence-corrected chi connectivity index (χ0v) is 24.9. The Balaban J connectivity index is 0.00000225. The average Bonchev–Trinajstić information content (AvgIpc) is 2.54. The fraction of sp³-hybridized carbons (Fsp3) is 0.783. The maximum Gasteiger partial charge on any atom is 0.160 e. The van der Waals surface area contributed by atoms with E-state index in [0.717, 1.165) is 11.6 Å². The van der Waals surface area contributed by atoms with E-state index in [2.05, 4.69) is 83.8 Å². The number of rotatable bonds is 4. The number of hydrogen-bond donors (Lipinski definition) is 2. The number of pyridine rings is 1. The van der Waals surface area contributed by atoms with Crippen LogP contribution in [0.15, 0.2) is 18.2 Å². The molecule has 2 aliphatic rings. The standard InChI is InChI=1S/C23H41N3P2.Co.Ru/c1-20(2)14-10-15-21(3,4)27(20)25-18-12-9-13-19(24-18)26-28-22(5,6)16-11-17-23(28,7)8;;/h9,12-13H,10-11,14-17H2,1-8H3,(H2,24,25,26);;/p+2. The van der Waals surface area contributed by atoms with E-state index < -0.39 is 16.1 Å². The van der Waals surface area contributed by atoms with E-state index in [1.54, 1.807) is 0 Å². The Bertz CT molecular complexity index is 622. The Kier molecular flexibility index (Phi) is 9.92. The first-order valence-corrected chi connectivity index (χ1v) is 14.1. The van der Waals surface area contributed by atoms with E-state index in [1.165, 1.54) is 38.5 Å². The third-order valence-corrected chi connectivity index (χ3v) is 14.6. The first-order valence-electron chi connectivity index (χ1n) is 11.1. The maximum absolute atomic E-state index is 5.05. The van der Waals surface area contributed by atoms with Crippen molar-refractivity contribution in [3.63, 3.8) is 0 Å². The molecule has 0 aliphatic carbocycles. The molecular formula is C23H43CoN3P2Ru+2. The minimum Gasteiger partial charge on any atom is -0.244 e. The molecule has 0 spiro atoms. The van der Waals surface area contributed by atoms with Gasteiger partial charge >= 0.3 is 0 Å². The third-order valence-electron chi connectivity index (χ3n) is 7.17. The van der Waals surface area contributed by atoms with Gasteiger partial charge < -0.3 is 0 Å². The molecule has 2 saturated heterocycles. The topological polar surface area (TPSA) is 37.0 Å². The average molecular weight is 584 g/mol. The number of aromatic nitrogens is 1. The molecule has 1 radical (unpaired) electrons. The second-order valence-electron chi connectivity index (χ2n) is 11.7. The Labute approximate surface area is 211 Å². The summed E-state index contributed by atoms with van der Waals surface area (Å²) >= 11 is 0. The number of nitrogens with zero attached hydrogens (tertiary/aromatic N) is 1. The molecule has 7 heteroatoms. The van der Waals surface area contributed by atoms with Crippen molar-refractivity contribution in [3.8, 4) is 0 Å². The molecule has 0 unspecified atom stereocenters. The van der Waals surface area contributed by atoms with Gasteiger partial charge in [0.05, 0.1) is 20.6 Å². The van der Waals surface area contributed by atoms with Gasteiger partial charge in [0, 0.05) is 36.3 Å². The van der Waals surface area contributed by atoms with Gasteiger partial charge in [-0.2, -0.15) is 0 Å². The molecule has 2 aliphatic heterocycles. The van der Waals surface area contributed by atoms with Gasteiger partial charge in [-0.15, -0.1) is 0 Å². The molecule has 0 aromatic carbocycles. The molecule has 3 rings (SSSR count). The molecule has 0 bridgehead atoms. The van der Waals surface area contributed by atoms with E-state index in [9.17, 15) is 0 Å². The van der Waals surface area contributed by atoms with Crippen LogP contribution in [0.2, 0.25) is 0 Å². The summed E-state index contributed by atoms with van der Waals surface area (Å²) in [6.07, 6.45) is 7.99. The molecule has 0 atom stereocenters. The van der Waals surface area contributed by atoms with Crippen molar-refractivity contribution >= 4 is 27.8 Å². The van der Waals surface area contributed by atoms with Gasteiger partial charge in [0.25, 0.3) is 0 Å². The summed E-state index contributed by atoms with van der Waals surface area (Å²) in [5, 5.41) is 9.43. The molecule has 2 N–H and O–H groups in total. The first-order chi connectivity index (χ1) is 12.8. The number of nitrogens with one attached hydrogen (secondary N) is 2. The Hall–Kier alpha value is 0.740. The minimum atomic E-state index is -0.779. The number of anilines is 2. The quantitative estimate of drug-likeness (QED) is 0.283. The second kappa shape index (κ2) is 10.3. The predicted molar refractivity (Wildman–Crippen MR) is 132 cm³/mol. The van der Waals surface area contributed by atoms with Crippen LogP contribution in [-0.4, -0.2) is 25.6 Å². The summed E-state index contributed by atoms with van der Waals surface area (Å²) in [6, 6.07) is 6.50. The van der Waals surface area contributed by atoms with Crippen LogP contribution in [0.5, 0.6) is 0 Å². The van der Waals surface area contributed by atoms with Crippen LogP contribution < -0.4 is 10.2 Å². The van der Waals surface area contributed by atoms with Gasteiger partial charge in [-0.1, -0.05) is 6.07 Å². The fourth-order valence-corrected chi connectivity index (χ4v) is 13.3. The van der Waals surface area contributed by atoms with E-state index >= 15 is 0 Å². The molecule has 3 heterocycles. The van der Waals surface area contributed by atoms with Crippen LogP contribution in [0.3, 0.4) is 0 Å². The molecule has 2 fully saturated rings. The first kappa shape index (κ1) is 28.8. The second-order valence-corrected chi connectivity index (χ2v) is 19.1. The summed E-state index contributed by atoms with van der Waals surface area (Å²) in [4.78, 5) is 5.05. The smallest absolute Gasteiger partial charge is 0.160 e. The van der Waals surface area contributed by atoms with Gasteiger partial charge in [-0.05, 0) is 106 Å². The molecule has 3 nitrogen and oxygen atoms in total. The summed E-state index contributed by atoms with van der Waals surface area (Å²) < 4.78 is 0. The Morgan fingerprint density at radius 3 is 1.27 bits per heavy atom. The van der Waals surface area contributed by atoms with Crippen molar-refractivity contribution in [2.45, 2.75) is 115 Å². The van der Waals surface area contributed by atoms with Crippen molar-refractivity contribution in [1.82, 2.24) is 4.98 Å². The summed E-state index contributed by atoms with van der Waals surface area (Å²) in [5.74, 6) is 2.13. The Morgan fingerprint density at radius 2 is 0.967 bits per heavy atom. The van der Waals surface area contributed by atoms with Crippen molar-refractivity contribution in [3.05, 3.63) is 18.2 Å². The summed E-state index contributed by atoms with van der Waals surface area (Å²) in [7, 11) is -1.56. The van der Waals surface area contributed by atoms with Crippen LogP contribution in [0.4, 0.5) is 11.6 Å². The molecule has 0 amide bonds. The molecule has 30 heavy (non-hydrogen) atoms. The predicted octanol–water partition coefficient (Wildman–Crippen LogP) is 7.64. The van der Waals surface area contributed by atoms with Gasteiger partial charge in [0.2, 0.25) is 0 Å². The molecule has 1 aromatic rings. The normalized spacial score (nSPS) is 24.8. The number of hydrogen-bond acceptors (Lipinski definition) is 3.